The van der Waals surface area contributed by atoms with E-state index in [1.54, 1.807) is 18.3 Å². The summed E-state index contributed by atoms with van der Waals surface area (Å²) in [6.07, 6.45) is 4.44. The zero-order chi connectivity index (χ0) is 20.4. The van der Waals surface area contributed by atoms with Crippen molar-refractivity contribution in [3.63, 3.8) is 0 Å². The van der Waals surface area contributed by atoms with Crippen LogP contribution in [0.2, 0.25) is 0 Å². The Morgan fingerprint density at radius 2 is 2.10 bits per heavy atom. The van der Waals surface area contributed by atoms with Crippen LogP contribution < -0.4 is 10.9 Å². The Labute approximate surface area is 169 Å². The standard InChI is InChI=1S/C21H28N4O4/c1-14-4-5-15(13-14)23-20(27)17-18(26)16-3-2-6-22-19(16)25(21(17)28)8-7-24-9-11-29-12-10-24/h2-3,6,14-15,26H,4-5,7-13H2,1H3,(H,23,27)/t14-,15?/m0/s1. The Morgan fingerprint density at radius 3 is 2.83 bits per heavy atom. The third kappa shape index (κ3) is 4.13. The molecule has 2 aliphatic rings. The highest BCUT2D eigenvalue weighted by molar-refractivity contribution is 6.01. The Hall–Kier alpha value is -2.45. The average molecular weight is 400 g/mol. The smallest absolute Gasteiger partial charge is 0.268 e. The van der Waals surface area contributed by atoms with Crippen LogP contribution in [-0.4, -0.2) is 64.4 Å². The van der Waals surface area contributed by atoms with E-state index in [9.17, 15) is 14.7 Å². The lowest BCUT2D eigenvalue weighted by Gasteiger charge is -2.27. The second-order valence-corrected chi connectivity index (χ2v) is 8.10. The van der Waals surface area contributed by atoms with Gasteiger partial charge in [0, 0.05) is 38.4 Å². The number of morpholine rings is 1. The van der Waals surface area contributed by atoms with Gasteiger partial charge in [0.05, 0.1) is 18.6 Å². The maximum Gasteiger partial charge on any atom is 0.268 e. The summed E-state index contributed by atoms with van der Waals surface area (Å²) in [7, 11) is 0. The van der Waals surface area contributed by atoms with Crippen LogP contribution in [0.3, 0.4) is 0 Å². The molecule has 156 valence electrons. The van der Waals surface area contributed by atoms with Gasteiger partial charge in [0.1, 0.15) is 17.0 Å². The van der Waals surface area contributed by atoms with Gasteiger partial charge in [-0.05, 0) is 37.3 Å². The van der Waals surface area contributed by atoms with Crippen molar-refractivity contribution in [1.29, 1.82) is 0 Å². The van der Waals surface area contributed by atoms with Crippen LogP contribution in [0, 0.1) is 5.92 Å². The second kappa shape index (κ2) is 8.51. The van der Waals surface area contributed by atoms with Crippen molar-refractivity contribution in [3.8, 4) is 5.75 Å². The van der Waals surface area contributed by atoms with Crippen molar-refractivity contribution < 1.29 is 14.6 Å². The van der Waals surface area contributed by atoms with Crippen LogP contribution in [0.5, 0.6) is 5.75 Å². The van der Waals surface area contributed by atoms with Gasteiger partial charge in [-0.25, -0.2) is 4.98 Å². The Bertz CT molecular complexity index is 952. The third-order valence-corrected chi connectivity index (χ3v) is 5.99. The quantitative estimate of drug-likeness (QED) is 0.787. The normalized spacial score (nSPS) is 22.8. The fourth-order valence-electron chi connectivity index (χ4n) is 4.34. The molecule has 8 heteroatoms. The van der Waals surface area contributed by atoms with E-state index in [0.717, 1.165) is 32.4 Å². The van der Waals surface area contributed by atoms with Crippen molar-refractivity contribution in [2.45, 2.75) is 38.8 Å². The van der Waals surface area contributed by atoms with Crippen LogP contribution in [0.15, 0.2) is 23.1 Å². The monoisotopic (exact) mass is 400 g/mol. The summed E-state index contributed by atoms with van der Waals surface area (Å²) in [6.45, 7) is 6.18. The summed E-state index contributed by atoms with van der Waals surface area (Å²) >= 11 is 0. The number of nitrogens with zero attached hydrogens (tertiary/aromatic N) is 3. The molecule has 2 atom stereocenters. The number of hydrogen-bond acceptors (Lipinski definition) is 6. The first-order valence-electron chi connectivity index (χ1n) is 10.4. The summed E-state index contributed by atoms with van der Waals surface area (Å²) in [5, 5.41) is 14.1. The number of pyridine rings is 2. The van der Waals surface area contributed by atoms with E-state index in [0.29, 0.717) is 43.3 Å². The fraction of sp³-hybridized carbons (Fsp3) is 0.571. The van der Waals surface area contributed by atoms with Gasteiger partial charge >= 0.3 is 0 Å². The van der Waals surface area contributed by atoms with Gasteiger partial charge < -0.3 is 15.2 Å². The number of nitrogens with one attached hydrogen (secondary N) is 1. The zero-order valence-electron chi connectivity index (χ0n) is 16.8. The van der Waals surface area contributed by atoms with Crippen molar-refractivity contribution in [2.24, 2.45) is 5.92 Å². The van der Waals surface area contributed by atoms with Gasteiger partial charge in [-0.2, -0.15) is 0 Å². The Kier molecular flexibility index (Phi) is 5.82. The first kappa shape index (κ1) is 19.8. The maximum absolute atomic E-state index is 13.2. The molecule has 1 saturated heterocycles. The van der Waals surface area contributed by atoms with Crippen molar-refractivity contribution in [3.05, 3.63) is 34.2 Å². The fourth-order valence-corrected chi connectivity index (χ4v) is 4.34. The van der Waals surface area contributed by atoms with Crippen LogP contribution in [0.1, 0.15) is 36.5 Å². The summed E-state index contributed by atoms with van der Waals surface area (Å²) < 4.78 is 6.88. The maximum atomic E-state index is 13.2. The van der Waals surface area contributed by atoms with Crippen molar-refractivity contribution >= 4 is 16.9 Å². The molecule has 0 aromatic carbocycles. The Morgan fingerprint density at radius 1 is 1.31 bits per heavy atom. The minimum Gasteiger partial charge on any atom is -0.506 e. The SMILES string of the molecule is C[C@H]1CCC(NC(=O)c2c(O)c3cccnc3n(CCN3CCOCC3)c2=O)C1. The van der Waals surface area contributed by atoms with Gasteiger partial charge in [-0.3, -0.25) is 19.1 Å². The molecule has 1 aliphatic heterocycles. The lowest BCUT2D eigenvalue weighted by molar-refractivity contribution is 0.0364. The molecule has 1 unspecified atom stereocenters. The van der Waals surface area contributed by atoms with Crippen LogP contribution in [-0.2, 0) is 11.3 Å². The molecule has 0 spiro atoms. The molecule has 1 aliphatic carbocycles. The van der Waals surface area contributed by atoms with Crippen molar-refractivity contribution in [2.75, 3.05) is 32.8 Å². The van der Waals surface area contributed by atoms with Gasteiger partial charge in [-0.1, -0.05) is 6.92 Å². The molecule has 2 aromatic rings. The number of rotatable bonds is 5. The number of aromatic nitrogens is 2. The lowest BCUT2D eigenvalue weighted by atomic mass is 10.1. The Balaban J connectivity index is 1.66. The van der Waals surface area contributed by atoms with Gasteiger partial charge in [0.2, 0.25) is 0 Å². The largest absolute Gasteiger partial charge is 0.506 e. The summed E-state index contributed by atoms with van der Waals surface area (Å²) in [4.78, 5) is 32.7. The number of fused-ring (bicyclic) bond motifs is 1. The molecule has 0 radical (unpaired) electrons. The van der Waals surface area contributed by atoms with E-state index >= 15 is 0 Å². The molecule has 1 saturated carbocycles. The molecular formula is C21H28N4O4. The zero-order valence-corrected chi connectivity index (χ0v) is 16.8. The number of amides is 1. The van der Waals surface area contributed by atoms with E-state index in [1.807, 2.05) is 0 Å². The molecule has 0 bridgehead atoms. The molecule has 8 nitrogen and oxygen atoms in total. The minimum atomic E-state index is -0.502. The van der Waals surface area contributed by atoms with Crippen LogP contribution in [0.25, 0.3) is 11.0 Å². The molecule has 2 fully saturated rings. The molecule has 29 heavy (non-hydrogen) atoms. The van der Waals surface area contributed by atoms with Crippen molar-refractivity contribution in [1.82, 2.24) is 19.8 Å². The molecule has 2 N–H and O–H groups in total. The van der Waals surface area contributed by atoms with Gasteiger partial charge in [-0.15, -0.1) is 0 Å². The van der Waals surface area contributed by atoms with E-state index < -0.39 is 11.5 Å². The first-order valence-corrected chi connectivity index (χ1v) is 10.4. The lowest BCUT2D eigenvalue weighted by Crippen LogP contribution is -2.41. The van der Waals surface area contributed by atoms with E-state index in [1.165, 1.54) is 4.57 Å². The molecule has 1 amide bonds. The molecular weight excluding hydrogens is 372 g/mol. The average Bonchev–Trinajstić information content (AvgIpc) is 3.13. The number of aromatic hydroxyl groups is 1. The van der Waals surface area contributed by atoms with E-state index in [4.69, 9.17) is 4.74 Å². The number of carbonyl (C=O) groups is 1. The van der Waals surface area contributed by atoms with Gasteiger partial charge in [0.15, 0.2) is 0 Å². The number of hydrogen-bond donors (Lipinski definition) is 2. The van der Waals surface area contributed by atoms with Gasteiger partial charge in [0.25, 0.3) is 11.5 Å². The second-order valence-electron chi connectivity index (χ2n) is 8.10. The predicted octanol–water partition coefficient (Wildman–Crippen LogP) is 1.35. The molecule has 3 heterocycles. The molecule has 4 rings (SSSR count). The highest BCUT2D eigenvalue weighted by Crippen LogP contribution is 2.27. The van der Waals surface area contributed by atoms with Crippen LogP contribution >= 0.6 is 0 Å². The number of ether oxygens (including phenoxy) is 1. The third-order valence-electron chi connectivity index (χ3n) is 5.99. The topological polar surface area (TPSA) is 96.7 Å². The highest BCUT2D eigenvalue weighted by Gasteiger charge is 2.28. The van der Waals surface area contributed by atoms with E-state index in [-0.39, 0.29) is 17.4 Å². The van der Waals surface area contributed by atoms with E-state index in [2.05, 4.69) is 22.1 Å². The van der Waals surface area contributed by atoms with Crippen LogP contribution in [0.4, 0.5) is 0 Å². The summed E-state index contributed by atoms with van der Waals surface area (Å²) in [6, 6.07) is 3.43. The number of carbonyl (C=O) groups excluding carboxylic acids is 1. The highest BCUT2D eigenvalue weighted by atomic mass is 16.5. The minimum absolute atomic E-state index is 0.0442. The summed E-state index contributed by atoms with van der Waals surface area (Å²) in [5.74, 6) is -0.235. The molecule has 2 aromatic heterocycles. The predicted molar refractivity (Wildman–Crippen MR) is 109 cm³/mol. The first-order chi connectivity index (χ1) is 14.0. The summed E-state index contributed by atoms with van der Waals surface area (Å²) in [5.41, 5.74) is -0.285.